The van der Waals surface area contributed by atoms with Crippen LogP contribution in [0.15, 0.2) is 45.8 Å². The van der Waals surface area contributed by atoms with Crippen molar-refractivity contribution in [2.45, 2.75) is 0 Å². The summed E-state index contributed by atoms with van der Waals surface area (Å²) in [5.41, 5.74) is 1.35. The first-order chi connectivity index (χ1) is 11.7. The molecule has 0 amide bonds. The van der Waals surface area contributed by atoms with Crippen LogP contribution in [0.4, 0.5) is 0 Å². The molecule has 4 rings (SSSR count). The van der Waals surface area contributed by atoms with Crippen molar-refractivity contribution in [3.63, 3.8) is 0 Å². The number of hydrogen-bond acceptors (Lipinski definition) is 6. The predicted molar refractivity (Wildman–Crippen MR) is 87.1 cm³/mol. The highest BCUT2D eigenvalue weighted by molar-refractivity contribution is 5.88. The Labute approximate surface area is 137 Å². The summed E-state index contributed by atoms with van der Waals surface area (Å²) in [6.45, 7) is 0.121. The molecule has 6 nitrogen and oxygen atoms in total. The molecule has 0 saturated heterocycles. The van der Waals surface area contributed by atoms with E-state index >= 15 is 0 Å². The molecule has 0 aliphatic carbocycles. The molecular formula is C18H14O6. The molecule has 1 aliphatic heterocycles. The number of rotatable bonds is 3. The lowest BCUT2D eigenvalue weighted by atomic mass is 10.0. The van der Waals surface area contributed by atoms with Crippen molar-refractivity contribution < 1.29 is 23.4 Å². The Morgan fingerprint density at radius 2 is 1.83 bits per heavy atom. The van der Waals surface area contributed by atoms with Crippen molar-refractivity contribution in [3.05, 3.63) is 46.8 Å². The van der Waals surface area contributed by atoms with Crippen LogP contribution >= 0.6 is 0 Å². The third kappa shape index (κ3) is 2.07. The van der Waals surface area contributed by atoms with Gasteiger partial charge in [0.2, 0.25) is 18.0 Å². The minimum atomic E-state index is -0.151. The number of fused-ring (bicyclic) bond motifs is 3. The van der Waals surface area contributed by atoms with Crippen LogP contribution in [-0.2, 0) is 0 Å². The lowest BCUT2D eigenvalue weighted by Gasteiger charge is -2.10. The summed E-state index contributed by atoms with van der Waals surface area (Å²) in [6.07, 6.45) is 1.42. The van der Waals surface area contributed by atoms with Gasteiger partial charge in [-0.3, -0.25) is 4.79 Å². The van der Waals surface area contributed by atoms with E-state index < -0.39 is 0 Å². The molecule has 0 spiro atoms. The van der Waals surface area contributed by atoms with Gasteiger partial charge in [0.25, 0.3) is 0 Å². The van der Waals surface area contributed by atoms with Crippen molar-refractivity contribution in [1.29, 1.82) is 0 Å². The standard InChI is InChI=1S/C18H14O6/c1-20-13-5-3-10(7-15(13)21-2)12-8-22-17-11(16(12)19)4-6-14-18(17)24-9-23-14/h3-8H,9H2,1-2H3. The van der Waals surface area contributed by atoms with E-state index in [9.17, 15) is 4.79 Å². The number of ether oxygens (including phenoxy) is 4. The molecule has 0 bridgehead atoms. The van der Waals surface area contributed by atoms with Gasteiger partial charge < -0.3 is 23.4 Å². The highest BCUT2D eigenvalue weighted by Crippen LogP contribution is 2.39. The van der Waals surface area contributed by atoms with Gasteiger partial charge in [-0.1, -0.05) is 6.07 Å². The largest absolute Gasteiger partial charge is 0.493 e. The maximum atomic E-state index is 12.9. The second-order valence-electron chi connectivity index (χ2n) is 5.22. The first kappa shape index (κ1) is 14.4. The van der Waals surface area contributed by atoms with Gasteiger partial charge in [-0.05, 0) is 29.8 Å². The van der Waals surface area contributed by atoms with Crippen LogP contribution in [0.3, 0.4) is 0 Å². The quantitative estimate of drug-likeness (QED) is 0.736. The summed E-state index contributed by atoms with van der Waals surface area (Å²) >= 11 is 0. The Hall–Kier alpha value is -3.15. The van der Waals surface area contributed by atoms with E-state index in [-0.39, 0.29) is 12.2 Å². The van der Waals surface area contributed by atoms with Crippen molar-refractivity contribution in [2.75, 3.05) is 21.0 Å². The molecular weight excluding hydrogens is 312 g/mol. The second-order valence-corrected chi connectivity index (χ2v) is 5.22. The van der Waals surface area contributed by atoms with Crippen molar-refractivity contribution in [1.82, 2.24) is 0 Å². The maximum Gasteiger partial charge on any atom is 0.231 e. The first-order valence-corrected chi connectivity index (χ1v) is 7.29. The topological polar surface area (TPSA) is 67.1 Å². The van der Waals surface area contributed by atoms with Crippen molar-refractivity contribution in [2.24, 2.45) is 0 Å². The van der Waals surface area contributed by atoms with Crippen molar-refractivity contribution >= 4 is 11.0 Å². The van der Waals surface area contributed by atoms with E-state index in [4.69, 9.17) is 23.4 Å². The van der Waals surface area contributed by atoms with Crippen molar-refractivity contribution in [3.8, 4) is 34.1 Å². The van der Waals surface area contributed by atoms with E-state index in [1.807, 2.05) is 0 Å². The third-order valence-electron chi connectivity index (χ3n) is 3.97. The molecule has 0 fully saturated rings. The highest BCUT2D eigenvalue weighted by Gasteiger charge is 2.21. The lowest BCUT2D eigenvalue weighted by Crippen LogP contribution is -2.05. The zero-order valence-electron chi connectivity index (χ0n) is 13.1. The molecule has 122 valence electrons. The van der Waals surface area contributed by atoms with Gasteiger partial charge in [0.15, 0.2) is 22.8 Å². The third-order valence-corrected chi connectivity index (χ3v) is 3.97. The molecule has 0 unspecified atom stereocenters. The molecule has 3 aromatic rings. The molecule has 0 atom stereocenters. The normalized spacial score (nSPS) is 12.4. The number of hydrogen-bond donors (Lipinski definition) is 0. The van der Waals surface area contributed by atoms with Gasteiger partial charge in [-0.25, -0.2) is 0 Å². The molecule has 1 aliphatic rings. The van der Waals surface area contributed by atoms with E-state index in [2.05, 4.69) is 0 Å². The number of benzene rings is 2. The summed E-state index contributed by atoms with van der Waals surface area (Å²) in [5.74, 6) is 2.17. The van der Waals surface area contributed by atoms with Gasteiger partial charge >= 0.3 is 0 Å². The van der Waals surface area contributed by atoms with Crippen LogP contribution in [-0.4, -0.2) is 21.0 Å². The van der Waals surface area contributed by atoms with Crippen LogP contribution in [0.5, 0.6) is 23.0 Å². The highest BCUT2D eigenvalue weighted by atomic mass is 16.7. The Morgan fingerprint density at radius 1 is 1.00 bits per heavy atom. The average molecular weight is 326 g/mol. The summed E-state index contributed by atoms with van der Waals surface area (Å²) in [5, 5.41) is 0.437. The maximum absolute atomic E-state index is 12.9. The lowest BCUT2D eigenvalue weighted by molar-refractivity contribution is 0.174. The monoisotopic (exact) mass is 326 g/mol. The fraction of sp³-hybridized carbons (Fsp3) is 0.167. The van der Waals surface area contributed by atoms with Crippen LogP contribution in [0, 0.1) is 0 Å². The zero-order valence-corrected chi connectivity index (χ0v) is 13.1. The SMILES string of the molecule is COc1ccc(-c2coc3c4c(ccc3c2=O)OCO4)cc1OC. The Bertz CT molecular complexity index is 989. The molecule has 1 aromatic heterocycles. The summed E-state index contributed by atoms with van der Waals surface area (Å²) in [7, 11) is 3.11. The fourth-order valence-electron chi connectivity index (χ4n) is 2.76. The smallest absolute Gasteiger partial charge is 0.231 e. The van der Waals surface area contributed by atoms with Gasteiger partial charge in [0.1, 0.15) is 6.26 Å². The molecule has 6 heteroatoms. The molecule has 2 aromatic carbocycles. The second kappa shape index (κ2) is 5.49. The summed E-state index contributed by atoms with van der Waals surface area (Å²) in [6, 6.07) is 8.66. The molecule has 24 heavy (non-hydrogen) atoms. The number of methoxy groups -OCH3 is 2. The van der Waals surface area contributed by atoms with Gasteiger partial charge in [-0.2, -0.15) is 0 Å². The Kier molecular flexibility index (Phi) is 3.30. The molecule has 2 heterocycles. The summed E-state index contributed by atoms with van der Waals surface area (Å²) in [4.78, 5) is 12.9. The predicted octanol–water partition coefficient (Wildman–Crippen LogP) is 3.21. The van der Waals surface area contributed by atoms with Crippen LogP contribution in [0.2, 0.25) is 0 Å². The first-order valence-electron chi connectivity index (χ1n) is 7.29. The van der Waals surface area contributed by atoms with E-state index in [1.165, 1.54) is 6.26 Å². The minimum absolute atomic E-state index is 0.121. The summed E-state index contributed by atoms with van der Waals surface area (Å²) < 4.78 is 26.9. The average Bonchev–Trinajstić information content (AvgIpc) is 3.10. The molecule has 0 saturated carbocycles. The van der Waals surface area contributed by atoms with E-state index in [0.717, 1.165) is 0 Å². The van der Waals surface area contributed by atoms with Crippen LogP contribution in [0.25, 0.3) is 22.1 Å². The Balaban J connectivity index is 1.91. The van der Waals surface area contributed by atoms with Gasteiger partial charge in [-0.15, -0.1) is 0 Å². The van der Waals surface area contributed by atoms with Gasteiger partial charge in [0.05, 0.1) is 25.2 Å². The van der Waals surface area contributed by atoms with E-state index in [1.54, 1.807) is 44.6 Å². The molecule has 0 radical (unpaired) electrons. The molecule has 0 N–H and O–H groups in total. The van der Waals surface area contributed by atoms with Crippen LogP contribution < -0.4 is 24.4 Å². The minimum Gasteiger partial charge on any atom is -0.493 e. The van der Waals surface area contributed by atoms with Crippen LogP contribution in [0.1, 0.15) is 0 Å². The van der Waals surface area contributed by atoms with E-state index in [0.29, 0.717) is 45.1 Å². The Morgan fingerprint density at radius 3 is 2.62 bits per heavy atom. The van der Waals surface area contributed by atoms with Gasteiger partial charge in [0, 0.05) is 0 Å². The zero-order chi connectivity index (χ0) is 16.7. The fourth-order valence-corrected chi connectivity index (χ4v) is 2.76.